The zero-order valence-corrected chi connectivity index (χ0v) is 7.43. The Kier molecular flexibility index (Phi) is 5.07. The summed E-state index contributed by atoms with van der Waals surface area (Å²) in [6.07, 6.45) is -0.461. The maximum Gasteiger partial charge on any atom is 0.0682 e. The van der Waals surface area contributed by atoms with Crippen LogP contribution >= 0.6 is 11.9 Å². The van der Waals surface area contributed by atoms with Gasteiger partial charge in [-0.2, -0.15) is 0 Å². The highest BCUT2D eigenvalue weighted by atomic mass is 32.2. The highest BCUT2D eigenvalue weighted by Crippen LogP contribution is 2.15. The lowest BCUT2D eigenvalue weighted by atomic mass is 10.3. The molecule has 0 rings (SSSR count). The van der Waals surface area contributed by atoms with Gasteiger partial charge >= 0.3 is 0 Å². The molecule has 0 saturated heterocycles. The monoisotopic (exact) mass is 165 g/mol. The van der Waals surface area contributed by atoms with Crippen LogP contribution in [0.4, 0.5) is 0 Å². The summed E-state index contributed by atoms with van der Waals surface area (Å²) in [7, 11) is 3.77. The first kappa shape index (κ1) is 10.2. The largest absolute Gasteiger partial charge is 0.395 e. The third kappa shape index (κ3) is 4.11. The predicted molar refractivity (Wildman–Crippen MR) is 43.8 cm³/mol. The number of hydrogen-bond donors (Lipinski definition) is 2. The summed E-state index contributed by atoms with van der Waals surface area (Å²) in [6.45, 7) is 1.69. The third-order valence-corrected chi connectivity index (χ3v) is 2.30. The highest BCUT2D eigenvalue weighted by molar-refractivity contribution is 7.97. The molecule has 4 heteroatoms. The second-order valence-electron chi connectivity index (χ2n) is 2.38. The van der Waals surface area contributed by atoms with Crippen molar-refractivity contribution in [2.75, 3.05) is 20.7 Å². The fourth-order valence-corrected chi connectivity index (χ4v) is 1.33. The molecule has 0 aromatic carbocycles. The molecule has 0 saturated carbocycles. The minimum atomic E-state index is -0.461. The summed E-state index contributed by atoms with van der Waals surface area (Å²) in [6, 6.07) is 0. The summed E-state index contributed by atoms with van der Waals surface area (Å²) in [5.41, 5.74) is 0. The molecule has 0 heterocycles. The van der Waals surface area contributed by atoms with Gasteiger partial charge in [0, 0.05) is 0 Å². The van der Waals surface area contributed by atoms with Crippen molar-refractivity contribution in [3.63, 3.8) is 0 Å². The molecule has 0 aromatic rings. The molecule has 0 aliphatic carbocycles. The van der Waals surface area contributed by atoms with E-state index >= 15 is 0 Å². The van der Waals surface area contributed by atoms with Crippen LogP contribution in [0.1, 0.15) is 6.92 Å². The first-order valence-corrected chi connectivity index (χ1v) is 4.04. The van der Waals surface area contributed by atoms with Crippen molar-refractivity contribution in [1.29, 1.82) is 0 Å². The van der Waals surface area contributed by atoms with E-state index in [1.54, 1.807) is 6.92 Å². The topological polar surface area (TPSA) is 43.7 Å². The minimum Gasteiger partial charge on any atom is -0.395 e. The number of rotatable bonds is 4. The lowest BCUT2D eigenvalue weighted by Crippen LogP contribution is -2.26. The normalized spacial score (nSPS) is 17.4. The van der Waals surface area contributed by atoms with Gasteiger partial charge in [-0.3, -0.25) is 4.31 Å². The Balaban J connectivity index is 3.60. The molecule has 2 atom stereocenters. The van der Waals surface area contributed by atoms with Crippen LogP contribution in [0.15, 0.2) is 0 Å². The predicted octanol–water partition coefficient (Wildman–Crippen LogP) is -0.0621. The van der Waals surface area contributed by atoms with E-state index < -0.39 is 6.10 Å². The fourth-order valence-electron chi connectivity index (χ4n) is 0.545. The van der Waals surface area contributed by atoms with E-state index in [1.807, 2.05) is 18.4 Å². The Morgan fingerprint density at radius 1 is 1.50 bits per heavy atom. The van der Waals surface area contributed by atoms with Gasteiger partial charge in [-0.15, -0.1) is 0 Å². The molecule has 0 unspecified atom stereocenters. The standard InChI is InChI=1S/C6H15NO2S/c1-5(9)6(4-8)10-7(2)3/h5-6,8-9H,4H2,1-3H3/t5-,6-/m1/s1. The Hall–Kier alpha value is 0.230. The van der Waals surface area contributed by atoms with Gasteiger partial charge in [0.05, 0.1) is 18.0 Å². The maximum absolute atomic E-state index is 9.05. The molecule has 0 spiro atoms. The summed E-state index contributed by atoms with van der Waals surface area (Å²) in [5, 5.41) is 17.7. The first-order chi connectivity index (χ1) is 4.57. The van der Waals surface area contributed by atoms with E-state index in [0.717, 1.165) is 0 Å². The smallest absolute Gasteiger partial charge is 0.0682 e. The van der Waals surface area contributed by atoms with E-state index in [2.05, 4.69) is 0 Å². The fraction of sp³-hybridized carbons (Fsp3) is 1.00. The molecular formula is C6H15NO2S. The van der Waals surface area contributed by atoms with Crippen molar-refractivity contribution >= 4 is 11.9 Å². The quantitative estimate of drug-likeness (QED) is 0.573. The second-order valence-corrected chi connectivity index (χ2v) is 3.93. The van der Waals surface area contributed by atoms with Gasteiger partial charge in [0.15, 0.2) is 0 Å². The van der Waals surface area contributed by atoms with Crippen molar-refractivity contribution in [3.8, 4) is 0 Å². The van der Waals surface area contributed by atoms with Crippen molar-refractivity contribution in [1.82, 2.24) is 4.31 Å². The van der Waals surface area contributed by atoms with Crippen LogP contribution in [-0.2, 0) is 0 Å². The van der Waals surface area contributed by atoms with Crippen LogP contribution in [0.5, 0.6) is 0 Å². The second kappa shape index (κ2) is 4.96. The van der Waals surface area contributed by atoms with E-state index in [-0.39, 0.29) is 11.9 Å². The van der Waals surface area contributed by atoms with Gasteiger partial charge in [0.1, 0.15) is 0 Å². The average Bonchev–Trinajstić information content (AvgIpc) is 1.81. The molecule has 0 radical (unpaired) electrons. The van der Waals surface area contributed by atoms with Crippen molar-refractivity contribution in [3.05, 3.63) is 0 Å². The van der Waals surface area contributed by atoms with E-state index in [4.69, 9.17) is 10.2 Å². The van der Waals surface area contributed by atoms with Crippen LogP contribution in [0.25, 0.3) is 0 Å². The number of nitrogens with zero attached hydrogens (tertiary/aromatic N) is 1. The lowest BCUT2D eigenvalue weighted by Gasteiger charge is -2.19. The number of aliphatic hydroxyl groups excluding tert-OH is 2. The van der Waals surface area contributed by atoms with Crippen molar-refractivity contribution < 1.29 is 10.2 Å². The molecule has 0 aliphatic heterocycles. The van der Waals surface area contributed by atoms with Crippen molar-refractivity contribution in [2.45, 2.75) is 18.3 Å². The first-order valence-electron chi connectivity index (χ1n) is 3.21. The average molecular weight is 165 g/mol. The molecule has 0 amide bonds. The Morgan fingerprint density at radius 3 is 2.10 bits per heavy atom. The number of aliphatic hydroxyl groups is 2. The highest BCUT2D eigenvalue weighted by Gasteiger charge is 2.14. The van der Waals surface area contributed by atoms with Gasteiger partial charge in [0.25, 0.3) is 0 Å². The van der Waals surface area contributed by atoms with Gasteiger partial charge < -0.3 is 10.2 Å². The molecule has 2 N–H and O–H groups in total. The molecular weight excluding hydrogens is 150 g/mol. The summed E-state index contributed by atoms with van der Waals surface area (Å²) < 4.78 is 1.87. The molecule has 10 heavy (non-hydrogen) atoms. The third-order valence-electron chi connectivity index (χ3n) is 1.06. The van der Waals surface area contributed by atoms with Crippen LogP contribution < -0.4 is 0 Å². The zero-order valence-electron chi connectivity index (χ0n) is 6.61. The van der Waals surface area contributed by atoms with Gasteiger partial charge in [0.2, 0.25) is 0 Å². The summed E-state index contributed by atoms with van der Waals surface area (Å²) in [4.78, 5) is 0. The molecule has 0 fully saturated rings. The Morgan fingerprint density at radius 2 is 2.00 bits per heavy atom. The number of hydrogen-bond acceptors (Lipinski definition) is 4. The zero-order chi connectivity index (χ0) is 8.15. The summed E-state index contributed by atoms with van der Waals surface area (Å²) in [5.74, 6) is 0. The molecule has 62 valence electrons. The van der Waals surface area contributed by atoms with Crippen molar-refractivity contribution in [2.24, 2.45) is 0 Å². The maximum atomic E-state index is 9.05. The molecule has 0 bridgehead atoms. The van der Waals surface area contributed by atoms with Gasteiger partial charge in [-0.05, 0) is 21.0 Å². The molecule has 3 nitrogen and oxygen atoms in total. The van der Waals surface area contributed by atoms with Crippen LogP contribution in [-0.4, -0.2) is 46.6 Å². The minimum absolute atomic E-state index is 0.0144. The SMILES string of the molecule is C[C@@H](O)[C@@H](CO)SN(C)C. The molecule has 0 aromatic heterocycles. The van der Waals surface area contributed by atoms with Crippen LogP contribution in [0.3, 0.4) is 0 Å². The van der Waals surface area contributed by atoms with Gasteiger partial charge in [-0.25, -0.2) is 0 Å². The van der Waals surface area contributed by atoms with Crippen LogP contribution in [0.2, 0.25) is 0 Å². The lowest BCUT2D eigenvalue weighted by molar-refractivity contribution is 0.155. The van der Waals surface area contributed by atoms with Crippen LogP contribution in [0, 0.1) is 0 Å². The molecule has 0 aliphatic rings. The van der Waals surface area contributed by atoms with E-state index in [0.29, 0.717) is 0 Å². The summed E-state index contributed by atoms with van der Waals surface area (Å²) >= 11 is 1.44. The van der Waals surface area contributed by atoms with Gasteiger partial charge in [-0.1, -0.05) is 11.9 Å². The Bertz CT molecular complexity index is 87.8. The van der Waals surface area contributed by atoms with E-state index in [9.17, 15) is 0 Å². The van der Waals surface area contributed by atoms with E-state index in [1.165, 1.54) is 11.9 Å². The Labute approximate surface area is 66.2 Å².